The van der Waals surface area contributed by atoms with Crippen LogP contribution in [0.5, 0.6) is 0 Å². The Morgan fingerprint density at radius 1 is 1.17 bits per heavy atom. The quantitative estimate of drug-likeness (QED) is 0.257. The van der Waals surface area contributed by atoms with Crippen molar-refractivity contribution in [1.29, 1.82) is 0 Å². The average molecular weight is 538 g/mol. The minimum absolute atomic E-state index is 0.0543. The molecule has 1 N–H and O–H groups in total. The molecule has 2 heterocycles. The zero-order chi connectivity index (χ0) is 26.3. The lowest BCUT2D eigenvalue weighted by atomic mass is 9.93. The molecular weight excluding hydrogens is 514 g/mol. The summed E-state index contributed by atoms with van der Waals surface area (Å²) in [6, 6.07) is 8.08. The molecule has 1 amide bonds. The molecule has 0 aliphatic heterocycles. The Morgan fingerprint density at radius 3 is 2.58 bits per heavy atom. The number of benzene rings is 2. The highest BCUT2D eigenvalue weighted by Crippen LogP contribution is 2.31. The van der Waals surface area contributed by atoms with Crippen LogP contribution in [0.2, 0.25) is 5.02 Å². The SMILES string of the molecule is CC(C)(C)c1csc(CN(CCc2cccc(C(F)(F)F)c2)C(=O)c2c(F)c(Cl)cc3cc[nH]c23)n1. The van der Waals surface area contributed by atoms with Gasteiger partial charge in [-0.05, 0) is 30.2 Å². The fraction of sp³-hybridized carbons (Fsp3) is 0.308. The smallest absolute Gasteiger partial charge is 0.360 e. The van der Waals surface area contributed by atoms with Crippen LogP contribution >= 0.6 is 22.9 Å². The minimum Gasteiger partial charge on any atom is -0.360 e. The summed E-state index contributed by atoms with van der Waals surface area (Å²) in [6.07, 6.45) is -2.75. The number of aromatic nitrogens is 2. The van der Waals surface area contributed by atoms with Crippen molar-refractivity contribution in [2.75, 3.05) is 6.54 Å². The van der Waals surface area contributed by atoms with Crippen LogP contribution in [-0.2, 0) is 24.6 Å². The van der Waals surface area contributed by atoms with Crippen LogP contribution in [0.1, 0.15) is 53.0 Å². The number of amides is 1. The van der Waals surface area contributed by atoms with Gasteiger partial charge in [-0.2, -0.15) is 13.2 Å². The molecule has 10 heteroatoms. The molecular formula is C26H24ClF4N3OS. The number of carbonyl (C=O) groups excluding carboxylic acids is 1. The van der Waals surface area contributed by atoms with Crippen molar-refractivity contribution in [2.45, 2.75) is 45.3 Å². The third-order valence-electron chi connectivity index (χ3n) is 5.81. The van der Waals surface area contributed by atoms with Crippen molar-refractivity contribution in [2.24, 2.45) is 0 Å². The van der Waals surface area contributed by atoms with E-state index in [1.165, 1.54) is 28.4 Å². The van der Waals surface area contributed by atoms with E-state index in [0.717, 1.165) is 17.8 Å². The number of rotatable bonds is 6. The van der Waals surface area contributed by atoms with E-state index in [1.54, 1.807) is 18.3 Å². The van der Waals surface area contributed by atoms with Crippen LogP contribution in [0.25, 0.3) is 10.9 Å². The molecule has 0 aliphatic carbocycles. The van der Waals surface area contributed by atoms with Crippen LogP contribution in [0.4, 0.5) is 17.6 Å². The van der Waals surface area contributed by atoms with Gasteiger partial charge < -0.3 is 9.88 Å². The largest absolute Gasteiger partial charge is 0.416 e. The molecule has 4 aromatic rings. The Hall–Kier alpha value is -2.91. The predicted octanol–water partition coefficient (Wildman–Crippen LogP) is 7.62. The van der Waals surface area contributed by atoms with E-state index in [9.17, 15) is 18.0 Å². The van der Waals surface area contributed by atoms with Gasteiger partial charge in [0.2, 0.25) is 0 Å². The molecule has 36 heavy (non-hydrogen) atoms. The Balaban J connectivity index is 1.68. The lowest BCUT2D eigenvalue weighted by molar-refractivity contribution is -0.137. The first-order valence-electron chi connectivity index (χ1n) is 11.2. The average Bonchev–Trinajstić information content (AvgIpc) is 3.46. The number of nitrogens with zero attached hydrogens (tertiary/aromatic N) is 2. The molecule has 0 aliphatic rings. The Labute approximate surface area is 214 Å². The van der Waals surface area contributed by atoms with Crippen molar-refractivity contribution in [3.05, 3.63) is 86.2 Å². The number of nitrogens with one attached hydrogen (secondary N) is 1. The van der Waals surface area contributed by atoms with E-state index < -0.39 is 23.5 Å². The highest BCUT2D eigenvalue weighted by Gasteiger charge is 2.31. The lowest BCUT2D eigenvalue weighted by Crippen LogP contribution is -2.33. The van der Waals surface area contributed by atoms with Gasteiger partial charge in [0, 0.05) is 28.9 Å². The molecule has 190 valence electrons. The number of hydrogen-bond donors (Lipinski definition) is 1. The fourth-order valence-corrected chi connectivity index (χ4v) is 5.06. The van der Waals surface area contributed by atoms with Gasteiger partial charge in [-0.1, -0.05) is 50.6 Å². The molecule has 2 aromatic carbocycles. The number of thiazole rings is 1. The summed E-state index contributed by atoms with van der Waals surface area (Å²) < 4.78 is 54.6. The molecule has 0 saturated carbocycles. The molecule has 0 fully saturated rings. The number of halogens is 5. The summed E-state index contributed by atoms with van der Waals surface area (Å²) in [5.74, 6) is -1.47. The Kier molecular flexibility index (Phi) is 7.16. The Bertz CT molecular complexity index is 1400. The predicted molar refractivity (Wildman–Crippen MR) is 134 cm³/mol. The molecule has 0 saturated heterocycles. The molecule has 2 aromatic heterocycles. The molecule has 0 unspecified atom stereocenters. The summed E-state index contributed by atoms with van der Waals surface area (Å²) >= 11 is 7.44. The van der Waals surface area contributed by atoms with E-state index in [-0.39, 0.29) is 35.5 Å². The van der Waals surface area contributed by atoms with E-state index in [4.69, 9.17) is 11.6 Å². The first-order valence-corrected chi connectivity index (χ1v) is 12.5. The molecule has 4 rings (SSSR count). The van der Waals surface area contributed by atoms with E-state index in [2.05, 4.69) is 9.97 Å². The second-order valence-corrected chi connectivity index (χ2v) is 10.9. The second-order valence-electron chi connectivity index (χ2n) is 9.54. The summed E-state index contributed by atoms with van der Waals surface area (Å²) in [7, 11) is 0. The molecule has 0 radical (unpaired) electrons. The number of hydrogen-bond acceptors (Lipinski definition) is 3. The van der Waals surface area contributed by atoms with Crippen molar-refractivity contribution >= 4 is 39.7 Å². The fourth-order valence-electron chi connectivity index (χ4n) is 3.82. The summed E-state index contributed by atoms with van der Waals surface area (Å²) in [6.45, 7) is 6.19. The van der Waals surface area contributed by atoms with Crippen LogP contribution in [0, 0.1) is 5.82 Å². The van der Waals surface area contributed by atoms with Gasteiger partial charge in [0.05, 0.1) is 28.3 Å². The maximum Gasteiger partial charge on any atom is 0.416 e. The van der Waals surface area contributed by atoms with Crippen molar-refractivity contribution < 1.29 is 22.4 Å². The number of alkyl halides is 3. The third-order valence-corrected chi connectivity index (χ3v) is 6.92. The van der Waals surface area contributed by atoms with E-state index >= 15 is 4.39 Å². The monoisotopic (exact) mass is 537 g/mol. The summed E-state index contributed by atoms with van der Waals surface area (Å²) in [5, 5.41) is 2.94. The topological polar surface area (TPSA) is 49.0 Å². The molecule has 0 atom stereocenters. The van der Waals surface area contributed by atoms with Gasteiger partial charge in [-0.25, -0.2) is 9.37 Å². The van der Waals surface area contributed by atoms with E-state index in [0.29, 0.717) is 21.5 Å². The van der Waals surface area contributed by atoms with Gasteiger partial charge in [-0.15, -0.1) is 11.3 Å². The zero-order valence-electron chi connectivity index (χ0n) is 19.8. The van der Waals surface area contributed by atoms with Gasteiger partial charge in [0.1, 0.15) is 10.6 Å². The van der Waals surface area contributed by atoms with Gasteiger partial charge in [-0.3, -0.25) is 4.79 Å². The highest BCUT2D eigenvalue weighted by molar-refractivity contribution is 7.09. The van der Waals surface area contributed by atoms with Crippen molar-refractivity contribution in [3.63, 3.8) is 0 Å². The van der Waals surface area contributed by atoms with Crippen LogP contribution in [-0.4, -0.2) is 27.3 Å². The van der Waals surface area contributed by atoms with Crippen LogP contribution in [0.3, 0.4) is 0 Å². The minimum atomic E-state index is -4.47. The second kappa shape index (κ2) is 9.86. The summed E-state index contributed by atoms with van der Waals surface area (Å²) in [4.78, 5) is 22.6. The van der Waals surface area contributed by atoms with Crippen molar-refractivity contribution in [3.8, 4) is 0 Å². The third kappa shape index (κ3) is 5.57. The summed E-state index contributed by atoms with van der Waals surface area (Å²) in [5.41, 5.74) is 0.403. The molecule has 0 spiro atoms. The van der Waals surface area contributed by atoms with Gasteiger partial charge in [0.25, 0.3) is 5.91 Å². The standard InChI is InChI=1S/C26H24ClF4N3OS/c1-25(2,3)19-14-36-20(33-19)13-34(10-8-15-5-4-6-17(11-15)26(29,30)31)24(35)21-22(28)18(27)12-16-7-9-32-23(16)21/h4-7,9,11-12,14,32H,8,10,13H2,1-3H3. The number of carbonyl (C=O) groups is 1. The van der Waals surface area contributed by atoms with Crippen molar-refractivity contribution in [1.82, 2.24) is 14.9 Å². The van der Waals surface area contributed by atoms with Crippen LogP contribution in [0.15, 0.2) is 48.0 Å². The first-order chi connectivity index (χ1) is 16.8. The molecule has 4 nitrogen and oxygen atoms in total. The van der Waals surface area contributed by atoms with Gasteiger partial charge >= 0.3 is 6.18 Å². The van der Waals surface area contributed by atoms with E-state index in [1.807, 2.05) is 26.2 Å². The highest BCUT2D eigenvalue weighted by atomic mass is 35.5. The molecule has 0 bridgehead atoms. The zero-order valence-corrected chi connectivity index (χ0v) is 21.4. The Morgan fingerprint density at radius 2 is 1.92 bits per heavy atom. The number of aromatic amines is 1. The van der Waals surface area contributed by atoms with Gasteiger partial charge in [0.15, 0.2) is 5.82 Å². The number of fused-ring (bicyclic) bond motifs is 1. The normalized spacial score (nSPS) is 12.3. The maximum absolute atomic E-state index is 15.1. The maximum atomic E-state index is 15.1. The number of H-pyrrole nitrogens is 1. The lowest BCUT2D eigenvalue weighted by Gasteiger charge is -2.23. The van der Waals surface area contributed by atoms with Crippen LogP contribution < -0.4 is 0 Å². The first kappa shape index (κ1) is 26.2.